The summed E-state index contributed by atoms with van der Waals surface area (Å²) in [5.41, 5.74) is 2.01. The fraction of sp³-hybridized carbons (Fsp3) is 0.190. The van der Waals surface area contributed by atoms with Crippen molar-refractivity contribution < 1.29 is 13.9 Å². The standard InChI is InChI=1S/C21H18FN5O2/c1-2-26(12-14-7-8-17-18(11-14)29-13-28-17)20-10-9-19-23-24-21(27(19)25-20)15-5-3-4-6-16(15)22/h3-11H,2,12-13H2,1H3. The zero-order chi connectivity index (χ0) is 19.8. The van der Waals surface area contributed by atoms with E-state index in [2.05, 4.69) is 27.1 Å². The van der Waals surface area contributed by atoms with E-state index in [1.54, 1.807) is 22.7 Å². The van der Waals surface area contributed by atoms with E-state index < -0.39 is 0 Å². The molecule has 0 saturated heterocycles. The molecular weight excluding hydrogens is 373 g/mol. The van der Waals surface area contributed by atoms with Crippen LogP contribution in [0.4, 0.5) is 10.2 Å². The number of rotatable bonds is 5. The highest BCUT2D eigenvalue weighted by atomic mass is 19.1. The first kappa shape index (κ1) is 17.4. The van der Waals surface area contributed by atoms with Crippen LogP contribution in [0.25, 0.3) is 17.0 Å². The summed E-state index contributed by atoms with van der Waals surface area (Å²) >= 11 is 0. The fourth-order valence-corrected chi connectivity index (χ4v) is 3.37. The van der Waals surface area contributed by atoms with Crippen LogP contribution in [-0.2, 0) is 6.54 Å². The van der Waals surface area contributed by atoms with Crippen molar-refractivity contribution in [3.8, 4) is 22.9 Å². The lowest BCUT2D eigenvalue weighted by Gasteiger charge is -2.22. The Morgan fingerprint density at radius 3 is 2.76 bits per heavy atom. The van der Waals surface area contributed by atoms with Gasteiger partial charge in [-0.25, -0.2) is 4.39 Å². The van der Waals surface area contributed by atoms with Crippen molar-refractivity contribution in [1.29, 1.82) is 0 Å². The second-order valence-corrected chi connectivity index (χ2v) is 6.67. The predicted octanol–water partition coefficient (Wildman–Crippen LogP) is 3.69. The molecule has 29 heavy (non-hydrogen) atoms. The summed E-state index contributed by atoms with van der Waals surface area (Å²) in [4.78, 5) is 2.11. The lowest BCUT2D eigenvalue weighted by atomic mass is 10.2. The normalized spacial score (nSPS) is 12.5. The molecule has 7 nitrogen and oxygen atoms in total. The highest BCUT2D eigenvalue weighted by Crippen LogP contribution is 2.33. The Kier molecular flexibility index (Phi) is 4.23. The lowest BCUT2D eigenvalue weighted by Crippen LogP contribution is -2.23. The lowest BCUT2D eigenvalue weighted by molar-refractivity contribution is 0.174. The van der Waals surface area contributed by atoms with Gasteiger partial charge in [-0.1, -0.05) is 18.2 Å². The third-order valence-electron chi connectivity index (χ3n) is 4.88. The van der Waals surface area contributed by atoms with E-state index in [1.165, 1.54) is 6.07 Å². The number of fused-ring (bicyclic) bond motifs is 2. The van der Waals surface area contributed by atoms with Gasteiger partial charge in [0, 0.05) is 13.1 Å². The average Bonchev–Trinajstić information content (AvgIpc) is 3.38. The molecule has 0 fully saturated rings. The van der Waals surface area contributed by atoms with Crippen LogP contribution in [0.1, 0.15) is 12.5 Å². The van der Waals surface area contributed by atoms with E-state index in [1.807, 2.05) is 30.3 Å². The highest BCUT2D eigenvalue weighted by molar-refractivity contribution is 5.60. The molecule has 8 heteroatoms. The van der Waals surface area contributed by atoms with Crippen molar-refractivity contribution in [3.63, 3.8) is 0 Å². The van der Waals surface area contributed by atoms with Gasteiger partial charge in [-0.3, -0.25) is 0 Å². The van der Waals surface area contributed by atoms with Gasteiger partial charge in [-0.2, -0.15) is 4.52 Å². The molecule has 0 spiro atoms. The highest BCUT2D eigenvalue weighted by Gasteiger charge is 2.17. The molecule has 0 radical (unpaired) electrons. The number of benzene rings is 2. The zero-order valence-corrected chi connectivity index (χ0v) is 15.7. The number of ether oxygens (including phenoxy) is 2. The smallest absolute Gasteiger partial charge is 0.231 e. The van der Waals surface area contributed by atoms with E-state index in [0.29, 0.717) is 23.6 Å². The van der Waals surface area contributed by atoms with Gasteiger partial charge in [0.25, 0.3) is 0 Å². The van der Waals surface area contributed by atoms with Crippen LogP contribution >= 0.6 is 0 Å². The minimum absolute atomic E-state index is 0.251. The SMILES string of the molecule is CCN(Cc1ccc2c(c1)OCO2)c1ccc2nnc(-c3ccccc3F)n2n1. The molecule has 0 aliphatic carbocycles. The number of hydrogen-bond acceptors (Lipinski definition) is 6. The summed E-state index contributed by atoms with van der Waals surface area (Å²) in [6, 6.07) is 16.1. The molecular formula is C21H18FN5O2. The maximum Gasteiger partial charge on any atom is 0.231 e. The van der Waals surface area contributed by atoms with Gasteiger partial charge in [0.15, 0.2) is 23.0 Å². The molecule has 0 saturated carbocycles. The number of aromatic nitrogens is 4. The molecule has 146 valence electrons. The van der Waals surface area contributed by atoms with Crippen molar-refractivity contribution in [2.24, 2.45) is 0 Å². The molecule has 0 N–H and O–H groups in total. The molecule has 2 aromatic carbocycles. The minimum atomic E-state index is -0.360. The molecule has 0 unspecified atom stereocenters. The van der Waals surface area contributed by atoms with Crippen LogP contribution in [0.15, 0.2) is 54.6 Å². The second kappa shape index (κ2) is 7.05. The second-order valence-electron chi connectivity index (χ2n) is 6.67. The monoisotopic (exact) mass is 391 g/mol. The first-order valence-electron chi connectivity index (χ1n) is 9.34. The number of nitrogens with zero attached hydrogens (tertiary/aromatic N) is 5. The Morgan fingerprint density at radius 2 is 1.90 bits per heavy atom. The van der Waals surface area contributed by atoms with Crippen molar-refractivity contribution >= 4 is 11.5 Å². The molecule has 0 atom stereocenters. The number of halogens is 1. The molecule has 1 aliphatic rings. The van der Waals surface area contributed by atoms with Gasteiger partial charge in [0.1, 0.15) is 11.6 Å². The quantitative estimate of drug-likeness (QED) is 0.517. The Labute approximate surface area is 166 Å². The van der Waals surface area contributed by atoms with Gasteiger partial charge in [-0.05, 0) is 48.9 Å². The summed E-state index contributed by atoms with van der Waals surface area (Å²) in [6.45, 7) is 3.69. The Hall–Kier alpha value is -3.68. The summed E-state index contributed by atoms with van der Waals surface area (Å²) in [7, 11) is 0. The Morgan fingerprint density at radius 1 is 1.03 bits per heavy atom. The van der Waals surface area contributed by atoms with Crippen molar-refractivity contribution in [1.82, 2.24) is 19.8 Å². The van der Waals surface area contributed by atoms with Crippen molar-refractivity contribution in [2.75, 3.05) is 18.2 Å². The Balaban J connectivity index is 1.50. The summed E-state index contributed by atoms with van der Waals surface area (Å²) in [6.07, 6.45) is 0. The number of hydrogen-bond donors (Lipinski definition) is 0. The van der Waals surface area contributed by atoms with Crippen LogP contribution in [0.2, 0.25) is 0 Å². The molecule has 1 aliphatic heterocycles. The average molecular weight is 391 g/mol. The van der Waals surface area contributed by atoms with E-state index in [4.69, 9.17) is 9.47 Å². The predicted molar refractivity (Wildman–Crippen MR) is 105 cm³/mol. The van der Waals surface area contributed by atoms with E-state index in [9.17, 15) is 4.39 Å². The first-order chi connectivity index (χ1) is 14.2. The topological polar surface area (TPSA) is 64.8 Å². The van der Waals surface area contributed by atoms with Gasteiger partial charge >= 0.3 is 0 Å². The van der Waals surface area contributed by atoms with E-state index >= 15 is 0 Å². The molecule has 2 aromatic heterocycles. The maximum absolute atomic E-state index is 14.3. The third-order valence-corrected chi connectivity index (χ3v) is 4.88. The van der Waals surface area contributed by atoms with Crippen LogP contribution < -0.4 is 14.4 Å². The van der Waals surface area contributed by atoms with Crippen LogP contribution in [0, 0.1) is 5.82 Å². The molecule has 0 amide bonds. The van der Waals surface area contributed by atoms with E-state index in [0.717, 1.165) is 29.4 Å². The maximum atomic E-state index is 14.3. The van der Waals surface area contributed by atoms with Crippen molar-refractivity contribution in [2.45, 2.75) is 13.5 Å². The molecule has 3 heterocycles. The van der Waals surface area contributed by atoms with Gasteiger partial charge in [0.2, 0.25) is 6.79 Å². The summed E-state index contributed by atoms with van der Waals surface area (Å²) in [5, 5.41) is 12.9. The Bertz CT molecular complexity index is 1190. The largest absolute Gasteiger partial charge is 0.454 e. The first-order valence-corrected chi connectivity index (χ1v) is 9.34. The third kappa shape index (κ3) is 3.12. The van der Waals surface area contributed by atoms with Crippen molar-refractivity contribution in [3.05, 3.63) is 66.0 Å². The summed E-state index contributed by atoms with van der Waals surface area (Å²) < 4.78 is 26.7. The molecule has 4 aromatic rings. The van der Waals surface area contributed by atoms with Gasteiger partial charge < -0.3 is 14.4 Å². The van der Waals surface area contributed by atoms with Gasteiger partial charge in [0.05, 0.1) is 5.56 Å². The fourth-order valence-electron chi connectivity index (χ4n) is 3.37. The zero-order valence-electron chi connectivity index (χ0n) is 15.7. The molecule has 5 rings (SSSR count). The minimum Gasteiger partial charge on any atom is -0.454 e. The molecule has 0 bridgehead atoms. The summed E-state index contributed by atoms with van der Waals surface area (Å²) in [5.74, 6) is 2.27. The van der Waals surface area contributed by atoms with Crippen LogP contribution in [-0.4, -0.2) is 33.1 Å². The van der Waals surface area contributed by atoms with E-state index in [-0.39, 0.29) is 12.6 Å². The van der Waals surface area contributed by atoms with Crippen LogP contribution in [0.3, 0.4) is 0 Å². The van der Waals surface area contributed by atoms with Crippen LogP contribution in [0.5, 0.6) is 11.5 Å². The van der Waals surface area contributed by atoms with Gasteiger partial charge in [-0.15, -0.1) is 15.3 Å². The number of anilines is 1.